The number of aliphatic imine (C=N–C) groups is 1. The molecule has 0 aliphatic heterocycles. The normalized spacial score (nSPS) is 11.6. The summed E-state index contributed by atoms with van der Waals surface area (Å²) in [4.78, 5) is 10.4. The highest BCUT2D eigenvalue weighted by Gasteiger charge is 2.24. The van der Waals surface area contributed by atoms with Crippen LogP contribution < -0.4 is 15.4 Å². The van der Waals surface area contributed by atoms with Gasteiger partial charge in [-0.05, 0) is 29.8 Å². The van der Waals surface area contributed by atoms with Gasteiger partial charge < -0.3 is 14.9 Å². The van der Waals surface area contributed by atoms with Crippen LogP contribution in [0.25, 0.3) is 21.9 Å². The lowest BCUT2D eigenvalue weighted by molar-refractivity contribution is 0.399. The number of guanidine groups is 1. The highest BCUT2D eigenvalue weighted by Crippen LogP contribution is 2.39. The van der Waals surface area contributed by atoms with Gasteiger partial charge in [-0.3, -0.25) is 4.99 Å². The van der Waals surface area contributed by atoms with E-state index in [1.54, 1.807) is 31.5 Å². The van der Waals surface area contributed by atoms with E-state index in [0.29, 0.717) is 17.5 Å². The van der Waals surface area contributed by atoms with Crippen molar-refractivity contribution in [3.05, 3.63) is 71.5 Å². The summed E-state index contributed by atoms with van der Waals surface area (Å²) < 4.78 is 12.4. The van der Waals surface area contributed by atoms with Crippen molar-refractivity contribution in [2.24, 2.45) is 10.7 Å². The highest BCUT2D eigenvalue weighted by atomic mass is 79.9. The molecule has 0 atom stereocenters. The zero-order chi connectivity index (χ0) is 20.4. The number of rotatable bonds is 4. The fourth-order valence-electron chi connectivity index (χ4n) is 3.15. The van der Waals surface area contributed by atoms with E-state index in [1.165, 1.54) is 0 Å². The Morgan fingerprint density at radius 2 is 1.90 bits per heavy atom. The summed E-state index contributed by atoms with van der Waals surface area (Å²) >= 11 is 3.47. The molecule has 0 fully saturated rings. The molecule has 4 aromatic rings. The average molecular weight is 451 g/mol. The first-order chi connectivity index (χ1) is 14.1. The summed E-state index contributed by atoms with van der Waals surface area (Å²) in [6.07, 6.45) is 3.46. The number of aromatic nitrogens is 1. The molecule has 7 heteroatoms. The van der Waals surface area contributed by atoms with Crippen LogP contribution in [0.5, 0.6) is 5.88 Å². The number of anilines is 2. The molecule has 0 aliphatic rings. The number of halogens is 1. The number of fused-ring (bicyclic) bond motifs is 1. The van der Waals surface area contributed by atoms with Crippen molar-refractivity contribution in [1.29, 1.82) is 0 Å². The molecule has 2 aromatic heterocycles. The van der Waals surface area contributed by atoms with E-state index >= 15 is 0 Å². The number of nitrogens with zero attached hydrogens (tertiary/aromatic N) is 3. The molecule has 0 bridgehead atoms. The van der Waals surface area contributed by atoms with Gasteiger partial charge in [0.1, 0.15) is 12.0 Å². The van der Waals surface area contributed by atoms with Gasteiger partial charge in [-0.1, -0.05) is 46.3 Å². The molecular weight excluding hydrogens is 432 g/mol. The van der Waals surface area contributed by atoms with Gasteiger partial charge in [0.25, 0.3) is 0 Å². The van der Waals surface area contributed by atoms with Crippen molar-refractivity contribution >= 4 is 44.2 Å². The monoisotopic (exact) mass is 450 g/mol. The van der Waals surface area contributed by atoms with Crippen molar-refractivity contribution in [1.82, 2.24) is 4.98 Å². The molecule has 2 aromatic carbocycles. The zero-order valence-electron chi connectivity index (χ0n) is 16.0. The molecule has 2 N–H and O–H groups in total. The van der Waals surface area contributed by atoms with Crippen molar-refractivity contribution in [3.8, 4) is 17.0 Å². The summed E-state index contributed by atoms with van der Waals surface area (Å²) in [6, 6.07) is 17.8. The molecule has 0 aliphatic carbocycles. The predicted molar refractivity (Wildman–Crippen MR) is 120 cm³/mol. The van der Waals surface area contributed by atoms with E-state index in [0.717, 1.165) is 26.4 Å². The van der Waals surface area contributed by atoms with Gasteiger partial charge in [0.2, 0.25) is 17.7 Å². The van der Waals surface area contributed by atoms with E-state index in [4.69, 9.17) is 14.9 Å². The molecule has 0 saturated heterocycles. The second-order valence-electron chi connectivity index (χ2n) is 6.30. The molecule has 0 radical (unpaired) electrons. The summed E-state index contributed by atoms with van der Waals surface area (Å²) in [5.41, 5.74) is 8.85. The molecule has 146 valence electrons. The minimum Gasteiger partial charge on any atom is -0.479 e. The third-order valence-corrected chi connectivity index (χ3v) is 5.12. The van der Waals surface area contributed by atoms with Gasteiger partial charge >= 0.3 is 0 Å². The number of methoxy groups -OCH3 is 1. The lowest BCUT2D eigenvalue weighted by Crippen LogP contribution is -2.33. The minimum absolute atomic E-state index is 0.262. The maximum atomic E-state index is 6.29. The Labute approximate surface area is 176 Å². The van der Waals surface area contributed by atoms with Crippen molar-refractivity contribution in [3.63, 3.8) is 0 Å². The van der Waals surface area contributed by atoms with Crippen LogP contribution in [0.3, 0.4) is 0 Å². The van der Waals surface area contributed by atoms with Crippen molar-refractivity contribution in [2.75, 3.05) is 19.1 Å². The van der Waals surface area contributed by atoms with Crippen LogP contribution in [0.4, 0.5) is 11.6 Å². The van der Waals surface area contributed by atoms with Gasteiger partial charge in [0.05, 0.1) is 7.11 Å². The largest absolute Gasteiger partial charge is 0.479 e. The molecule has 0 amide bonds. The number of pyridine rings is 1. The summed E-state index contributed by atoms with van der Waals surface area (Å²) in [6.45, 7) is 0. The summed E-state index contributed by atoms with van der Waals surface area (Å²) in [5.74, 6) is 1.23. The standard InChI is InChI=1S/C22H19BrN4O2/c1-25-22(24)27(21-18-6-4-3-5-15(18)13-29-21)19-11-16(12-26-20(19)28-2)14-7-9-17(23)10-8-14/h3-13H,1-2H3,(H2,24,25). The number of ether oxygens (including phenoxy) is 1. The number of benzene rings is 2. The summed E-state index contributed by atoms with van der Waals surface area (Å²) in [5, 5.41) is 1.88. The topological polar surface area (TPSA) is 76.9 Å². The number of furan rings is 1. The second-order valence-corrected chi connectivity index (χ2v) is 7.22. The average Bonchev–Trinajstić information content (AvgIpc) is 3.18. The van der Waals surface area contributed by atoms with E-state index in [9.17, 15) is 0 Å². The molecule has 0 unspecified atom stereocenters. The molecule has 4 rings (SSSR count). The molecule has 6 nitrogen and oxygen atoms in total. The highest BCUT2D eigenvalue weighted by molar-refractivity contribution is 9.10. The Balaban J connectivity index is 1.92. The van der Waals surface area contributed by atoms with Gasteiger partial charge in [0.15, 0.2) is 0 Å². The first-order valence-electron chi connectivity index (χ1n) is 8.91. The van der Waals surface area contributed by atoms with Crippen LogP contribution in [-0.4, -0.2) is 25.1 Å². The Morgan fingerprint density at radius 3 is 2.62 bits per heavy atom. The van der Waals surface area contributed by atoms with Crippen LogP contribution in [0.1, 0.15) is 0 Å². The first kappa shape index (κ1) is 19.0. The Morgan fingerprint density at radius 1 is 1.14 bits per heavy atom. The molecule has 0 saturated carbocycles. The minimum atomic E-state index is 0.262. The molecular formula is C22H19BrN4O2. The molecule has 2 heterocycles. The van der Waals surface area contributed by atoms with Crippen molar-refractivity contribution < 1.29 is 9.15 Å². The Bertz CT molecular complexity index is 1190. The van der Waals surface area contributed by atoms with Crippen molar-refractivity contribution in [2.45, 2.75) is 0 Å². The van der Waals surface area contributed by atoms with Crippen LogP contribution in [0.2, 0.25) is 0 Å². The first-order valence-corrected chi connectivity index (χ1v) is 9.70. The Hall–Kier alpha value is -3.32. The van der Waals surface area contributed by atoms with Crippen LogP contribution in [-0.2, 0) is 0 Å². The number of hydrogen-bond donors (Lipinski definition) is 1. The Kier molecular flexibility index (Phi) is 5.22. The van der Waals surface area contributed by atoms with Gasteiger partial charge in [0, 0.05) is 34.1 Å². The van der Waals surface area contributed by atoms with Gasteiger partial charge in [-0.15, -0.1) is 0 Å². The van der Waals surface area contributed by atoms with E-state index < -0.39 is 0 Å². The van der Waals surface area contributed by atoms with Gasteiger partial charge in [-0.25, -0.2) is 9.88 Å². The smallest absolute Gasteiger partial charge is 0.238 e. The molecule has 29 heavy (non-hydrogen) atoms. The lowest BCUT2D eigenvalue weighted by atomic mass is 10.1. The fourth-order valence-corrected chi connectivity index (χ4v) is 3.41. The van der Waals surface area contributed by atoms with Crippen LogP contribution in [0, 0.1) is 0 Å². The number of nitrogens with two attached hydrogens (primary N) is 1. The third kappa shape index (κ3) is 3.56. The second kappa shape index (κ2) is 7.97. The van der Waals surface area contributed by atoms with Gasteiger partial charge in [-0.2, -0.15) is 0 Å². The molecule has 0 spiro atoms. The quantitative estimate of drug-likeness (QED) is 0.335. The van der Waals surface area contributed by atoms with Crippen LogP contribution >= 0.6 is 15.9 Å². The summed E-state index contributed by atoms with van der Waals surface area (Å²) in [7, 11) is 3.20. The lowest BCUT2D eigenvalue weighted by Gasteiger charge is -2.23. The maximum Gasteiger partial charge on any atom is 0.238 e. The van der Waals surface area contributed by atoms with E-state index in [1.807, 2.05) is 54.6 Å². The van der Waals surface area contributed by atoms with Crippen LogP contribution in [0.15, 0.2) is 80.9 Å². The van der Waals surface area contributed by atoms with E-state index in [-0.39, 0.29) is 5.96 Å². The fraction of sp³-hybridized carbons (Fsp3) is 0.0909. The zero-order valence-corrected chi connectivity index (χ0v) is 17.6. The number of hydrogen-bond acceptors (Lipinski definition) is 4. The third-order valence-electron chi connectivity index (χ3n) is 4.59. The SMILES string of the molecule is CN=C(N)N(c1cc(-c2ccc(Br)cc2)cnc1OC)c1occ2ccccc12. The van der Waals surface area contributed by atoms with E-state index in [2.05, 4.69) is 25.9 Å². The predicted octanol–water partition coefficient (Wildman–Crippen LogP) is 5.35. The maximum absolute atomic E-state index is 6.29.